The van der Waals surface area contributed by atoms with E-state index in [-0.39, 0.29) is 0 Å². The molecule has 0 spiro atoms. The van der Waals surface area contributed by atoms with Gasteiger partial charge in [0.05, 0.1) is 0 Å². The van der Waals surface area contributed by atoms with Gasteiger partial charge in [0.25, 0.3) is 0 Å². The van der Waals surface area contributed by atoms with E-state index in [1.807, 2.05) is 12.3 Å². The molecule has 3 heteroatoms. The fraction of sp³-hybridized carbons (Fsp3) is 0.692. The molecular formula is C13H21N3. The monoisotopic (exact) mass is 219 g/mol. The minimum absolute atomic E-state index is 0.476. The fourth-order valence-electron chi connectivity index (χ4n) is 2.21. The van der Waals surface area contributed by atoms with Crippen molar-refractivity contribution in [2.45, 2.75) is 39.5 Å². The van der Waals surface area contributed by atoms with Crippen LogP contribution in [0.3, 0.4) is 0 Å². The van der Waals surface area contributed by atoms with Gasteiger partial charge in [-0.2, -0.15) is 0 Å². The third kappa shape index (κ3) is 2.52. The Bertz CT molecular complexity index is 349. The number of piperidine rings is 1. The molecule has 0 saturated carbocycles. The fourth-order valence-corrected chi connectivity index (χ4v) is 2.21. The van der Waals surface area contributed by atoms with Crippen LogP contribution in [0, 0.1) is 5.92 Å². The van der Waals surface area contributed by atoms with Crippen molar-refractivity contribution in [3.05, 3.63) is 18.0 Å². The second-order valence-electron chi connectivity index (χ2n) is 5.13. The van der Waals surface area contributed by atoms with Gasteiger partial charge in [-0.1, -0.05) is 20.8 Å². The van der Waals surface area contributed by atoms with Crippen LogP contribution in [0.1, 0.15) is 45.2 Å². The molecule has 1 atom stereocenters. The van der Waals surface area contributed by atoms with Gasteiger partial charge >= 0.3 is 0 Å². The lowest BCUT2D eigenvalue weighted by atomic mass is 10.0. The molecule has 0 aromatic carbocycles. The van der Waals surface area contributed by atoms with Gasteiger partial charge in [0.2, 0.25) is 5.95 Å². The lowest BCUT2D eigenvalue weighted by Gasteiger charge is -2.31. The molecule has 1 aromatic rings. The van der Waals surface area contributed by atoms with E-state index >= 15 is 0 Å². The number of hydrogen-bond acceptors (Lipinski definition) is 3. The first-order valence-corrected chi connectivity index (χ1v) is 6.24. The molecule has 0 N–H and O–H groups in total. The van der Waals surface area contributed by atoms with Gasteiger partial charge in [-0.3, -0.25) is 0 Å². The van der Waals surface area contributed by atoms with Crippen LogP contribution in [-0.4, -0.2) is 23.1 Å². The highest BCUT2D eigenvalue weighted by Crippen LogP contribution is 2.21. The van der Waals surface area contributed by atoms with Gasteiger partial charge in [0.1, 0.15) is 0 Å². The second kappa shape index (κ2) is 4.81. The summed E-state index contributed by atoms with van der Waals surface area (Å²) < 4.78 is 0. The van der Waals surface area contributed by atoms with Gasteiger partial charge in [-0.15, -0.1) is 0 Å². The average molecular weight is 219 g/mol. The third-order valence-electron chi connectivity index (χ3n) is 3.20. The largest absolute Gasteiger partial charge is 0.341 e. The molecule has 1 unspecified atom stereocenters. The zero-order chi connectivity index (χ0) is 11.5. The Labute approximate surface area is 97.9 Å². The summed E-state index contributed by atoms with van der Waals surface area (Å²) in [4.78, 5) is 11.4. The van der Waals surface area contributed by atoms with Crippen molar-refractivity contribution in [2.75, 3.05) is 18.0 Å². The van der Waals surface area contributed by atoms with Crippen molar-refractivity contribution in [3.8, 4) is 0 Å². The standard InChI is InChI=1S/C13H21N3/c1-10(2)12-6-7-14-13(15-12)16-8-4-5-11(3)9-16/h6-7,10-11H,4-5,8-9H2,1-3H3. The topological polar surface area (TPSA) is 29.0 Å². The van der Waals surface area contributed by atoms with E-state index in [0.29, 0.717) is 5.92 Å². The molecule has 0 amide bonds. The quantitative estimate of drug-likeness (QED) is 0.766. The zero-order valence-electron chi connectivity index (χ0n) is 10.5. The summed E-state index contributed by atoms with van der Waals surface area (Å²) in [5, 5.41) is 0. The first-order valence-electron chi connectivity index (χ1n) is 6.24. The molecular weight excluding hydrogens is 198 g/mol. The van der Waals surface area contributed by atoms with Crippen LogP contribution in [0.2, 0.25) is 0 Å². The highest BCUT2D eigenvalue weighted by atomic mass is 15.3. The molecule has 1 aliphatic rings. The minimum Gasteiger partial charge on any atom is -0.341 e. The number of aromatic nitrogens is 2. The second-order valence-corrected chi connectivity index (χ2v) is 5.13. The predicted octanol–water partition coefficient (Wildman–Crippen LogP) is 2.84. The van der Waals surface area contributed by atoms with Gasteiger partial charge in [-0.05, 0) is 30.7 Å². The molecule has 0 aliphatic carbocycles. The van der Waals surface area contributed by atoms with E-state index in [4.69, 9.17) is 0 Å². The predicted molar refractivity (Wildman–Crippen MR) is 66.7 cm³/mol. The normalized spacial score (nSPS) is 21.5. The number of rotatable bonds is 2. The van der Waals surface area contributed by atoms with Crippen LogP contribution in [0.5, 0.6) is 0 Å². The minimum atomic E-state index is 0.476. The molecule has 0 bridgehead atoms. The van der Waals surface area contributed by atoms with Crippen molar-refractivity contribution in [3.63, 3.8) is 0 Å². The number of anilines is 1. The summed E-state index contributed by atoms with van der Waals surface area (Å²) in [5.74, 6) is 2.15. The Hall–Kier alpha value is -1.12. The third-order valence-corrected chi connectivity index (χ3v) is 3.20. The van der Waals surface area contributed by atoms with Crippen LogP contribution in [0.25, 0.3) is 0 Å². The summed E-state index contributed by atoms with van der Waals surface area (Å²) >= 11 is 0. The van der Waals surface area contributed by atoms with Crippen molar-refractivity contribution in [1.29, 1.82) is 0 Å². The van der Waals surface area contributed by atoms with Gasteiger partial charge < -0.3 is 4.90 Å². The molecule has 0 radical (unpaired) electrons. The van der Waals surface area contributed by atoms with E-state index in [1.54, 1.807) is 0 Å². The first-order chi connectivity index (χ1) is 7.66. The maximum atomic E-state index is 4.65. The summed E-state index contributed by atoms with van der Waals surface area (Å²) in [6, 6.07) is 2.02. The summed E-state index contributed by atoms with van der Waals surface area (Å²) in [7, 11) is 0. The van der Waals surface area contributed by atoms with Gasteiger partial charge in [-0.25, -0.2) is 9.97 Å². The summed E-state index contributed by atoms with van der Waals surface area (Å²) in [5.41, 5.74) is 1.14. The van der Waals surface area contributed by atoms with Crippen molar-refractivity contribution in [1.82, 2.24) is 9.97 Å². The summed E-state index contributed by atoms with van der Waals surface area (Å²) in [6.45, 7) is 8.85. The lowest BCUT2D eigenvalue weighted by molar-refractivity contribution is 0.441. The summed E-state index contributed by atoms with van der Waals surface area (Å²) in [6.07, 6.45) is 4.48. The molecule has 1 aromatic heterocycles. The van der Waals surface area contributed by atoms with Crippen LogP contribution in [-0.2, 0) is 0 Å². The Morgan fingerprint density at radius 1 is 1.44 bits per heavy atom. The van der Waals surface area contributed by atoms with Crippen molar-refractivity contribution < 1.29 is 0 Å². The molecule has 16 heavy (non-hydrogen) atoms. The maximum Gasteiger partial charge on any atom is 0.225 e. The van der Waals surface area contributed by atoms with Crippen molar-refractivity contribution >= 4 is 5.95 Å². The lowest BCUT2D eigenvalue weighted by Crippen LogP contribution is -2.35. The highest BCUT2D eigenvalue weighted by molar-refractivity contribution is 5.31. The Morgan fingerprint density at radius 3 is 2.94 bits per heavy atom. The maximum absolute atomic E-state index is 4.65. The smallest absolute Gasteiger partial charge is 0.225 e. The van der Waals surface area contributed by atoms with E-state index in [0.717, 1.165) is 30.6 Å². The highest BCUT2D eigenvalue weighted by Gasteiger charge is 2.18. The van der Waals surface area contributed by atoms with E-state index < -0.39 is 0 Å². The van der Waals surface area contributed by atoms with Crippen molar-refractivity contribution in [2.24, 2.45) is 5.92 Å². The van der Waals surface area contributed by atoms with E-state index in [9.17, 15) is 0 Å². The van der Waals surface area contributed by atoms with Gasteiger partial charge in [0.15, 0.2) is 0 Å². The number of nitrogens with zero attached hydrogens (tertiary/aromatic N) is 3. The zero-order valence-corrected chi connectivity index (χ0v) is 10.5. The molecule has 88 valence electrons. The SMILES string of the molecule is CC1CCCN(c2nccc(C(C)C)n2)C1. The average Bonchev–Trinajstić information content (AvgIpc) is 2.29. The van der Waals surface area contributed by atoms with Gasteiger partial charge in [0, 0.05) is 25.0 Å². The van der Waals surface area contributed by atoms with Crippen LogP contribution in [0.4, 0.5) is 5.95 Å². The van der Waals surface area contributed by atoms with E-state index in [2.05, 4.69) is 35.6 Å². The van der Waals surface area contributed by atoms with Crippen LogP contribution < -0.4 is 4.90 Å². The van der Waals surface area contributed by atoms with Crippen LogP contribution in [0.15, 0.2) is 12.3 Å². The van der Waals surface area contributed by atoms with Crippen LogP contribution >= 0.6 is 0 Å². The number of hydrogen-bond donors (Lipinski definition) is 0. The Morgan fingerprint density at radius 2 is 2.25 bits per heavy atom. The Balaban J connectivity index is 2.16. The first kappa shape index (κ1) is 11.4. The molecule has 1 aliphatic heterocycles. The molecule has 2 rings (SSSR count). The molecule has 1 saturated heterocycles. The molecule has 1 fully saturated rings. The molecule has 3 nitrogen and oxygen atoms in total. The molecule has 2 heterocycles. The Kier molecular flexibility index (Phi) is 3.42. The van der Waals surface area contributed by atoms with E-state index in [1.165, 1.54) is 12.8 Å².